The molecule has 1 rings (SSSR count). The Kier molecular flexibility index (Phi) is 7.52. The summed E-state index contributed by atoms with van der Waals surface area (Å²) in [6, 6.07) is 0. The molecular formula is C14H28ClN3O2. The van der Waals surface area contributed by atoms with Crippen LogP contribution in [0.4, 0.5) is 0 Å². The lowest BCUT2D eigenvalue weighted by atomic mass is 9.92. The van der Waals surface area contributed by atoms with Gasteiger partial charge in [-0.15, -0.1) is 12.4 Å². The Bertz CT molecular complexity index is 334. The second kappa shape index (κ2) is 7.84. The lowest BCUT2D eigenvalue weighted by Gasteiger charge is -2.28. The summed E-state index contributed by atoms with van der Waals surface area (Å²) in [5.41, 5.74) is 5.45. The van der Waals surface area contributed by atoms with Crippen molar-refractivity contribution >= 4 is 24.2 Å². The van der Waals surface area contributed by atoms with Crippen LogP contribution in [-0.4, -0.2) is 30.4 Å². The van der Waals surface area contributed by atoms with Crippen LogP contribution in [0.1, 0.15) is 52.9 Å². The van der Waals surface area contributed by atoms with Gasteiger partial charge in [-0.05, 0) is 18.3 Å². The molecule has 6 heteroatoms. The number of hydrogen-bond acceptors (Lipinski definition) is 3. The third kappa shape index (κ3) is 6.57. The first-order chi connectivity index (χ1) is 8.76. The second-order valence-corrected chi connectivity index (χ2v) is 6.75. The molecule has 0 bridgehead atoms. The van der Waals surface area contributed by atoms with Gasteiger partial charge in [-0.2, -0.15) is 0 Å². The van der Waals surface area contributed by atoms with Crippen molar-refractivity contribution in [3.8, 4) is 0 Å². The third-order valence-electron chi connectivity index (χ3n) is 3.49. The normalized spacial score (nSPS) is 17.2. The first kappa shape index (κ1) is 19.2. The van der Waals surface area contributed by atoms with Crippen molar-refractivity contribution < 1.29 is 9.59 Å². The lowest BCUT2D eigenvalue weighted by molar-refractivity contribution is -0.128. The maximum Gasteiger partial charge on any atom is 0.239 e. The van der Waals surface area contributed by atoms with Crippen LogP contribution in [0.5, 0.6) is 0 Å². The molecule has 1 saturated carbocycles. The zero-order chi connectivity index (χ0) is 14.5. The monoisotopic (exact) mass is 305 g/mol. The highest BCUT2D eigenvalue weighted by Gasteiger charge is 2.33. The van der Waals surface area contributed by atoms with Crippen LogP contribution < -0.4 is 16.4 Å². The molecule has 0 aromatic carbocycles. The number of nitrogens with one attached hydrogen (secondary N) is 2. The molecule has 1 aliphatic carbocycles. The van der Waals surface area contributed by atoms with Crippen molar-refractivity contribution in [2.45, 2.75) is 58.4 Å². The highest BCUT2D eigenvalue weighted by Crippen LogP contribution is 2.28. The van der Waals surface area contributed by atoms with Crippen molar-refractivity contribution in [3.05, 3.63) is 0 Å². The molecule has 0 saturated heterocycles. The summed E-state index contributed by atoms with van der Waals surface area (Å²) in [5, 5.41) is 5.64. The van der Waals surface area contributed by atoms with Gasteiger partial charge in [0, 0.05) is 13.0 Å². The topological polar surface area (TPSA) is 84.2 Å². The predicted octanol–water partition coefficient (Wildman–Crippen LogP) is 1.35. The number of amides is 2. The summed E-state index contributed by atoms with van der Waals surface area (Å²) in [5.74, 6) is -0.231. The average Bonchev–Trinajstić information content (AvgIpc) is 2.73. The SMILES string of the molecule is CC(C)(C)CC(=O)NCC(=O)NC1(CN)CCCC1.Cl. The lowest BCUT2D eigenvalue weighted by Crippen LogP contribution is -2.54. The van der Waals surface area contributed by atoms with Gasteiger partial charge in [-0.25, -0.2) is 0 Å². The van der Waals surface area contributed by atoms with Gasteiger partial charge in [0.25, 0.3) is 0 Å². The van der Waals surface area contributed by atoms with Crippen molar-refractivity contribution in [2.75, 3.05) is 13.1 Å². The quantitative estimate of drug-likeness (QED) is 0.717. The molecule has 0 unspecified atom stereocenters. The van der Waals surface area contributed by atoms with Crippen molar-refractivity contribution in [2.24, 2.45) is 11.1 Å². The molecule has 118 valence electrons. The molecule has 0 aromatic heterocycles. The molecule has 1 aliphatic rings. The van der Waals surface area contributed by atoms with E-state index in [2.05, 4.69) is 10.6 Å². The summed E-state index contributed by atoms with van der Waals surface area (Å²) in [6.45, 7) is 6.49. The first-order valence-electron chi connectivity index (χ1n) is 7.04. The molecule has 0 aliphatic heterocycles. The Labute approximate surface area is 127 Å². The molecule has 0 heterocycles. The molecular weight excluding hydrogens is 278 g/mol. The molecule has 5 nitrogen and oxygen atoms in total. The molecule has 0 spiro atoms. The number of hydrogen-bond donors (Lipinski definition) is 3. The van der Waals surface area contributed by atoms with Crippen LogP contribution in [0, 0.1) is 5.41 Å². The van der Waals surface area contributed by atoms with Crippen molar-refractivity contribution in [1.82, 2.24) is 10.6 Å². The van der Waals surface area contributed by atoms with Gasteiger partial charge >= 0.3 is 0 Å². The Morgan fingerprint density at radius 3 is 2.15 bits per heavy atom. The van der Waals surface area contributed by atoms with E-state index in [1.807, 2.05) is 20.8 Å². The van der Waals surface area contributed by atoms with Gasteiger partial charge in [-0.3, -0.25) is 9.59 Å². The zero-order valence-electron chi connectivity index (χ0n) is 12.8. The summed E-state index contributed by atoms with van der Waals surface area (Å²) >= 11 is 0. The smallest absolute Gasteiger partial charge is 0.239 e. The Hall–Kier alpha value is -0.810. The minimum atomic E-state index is -0.244. The van der Waals surface area contributed by atoms with E-state index in [0.29, 0.717) is 13.0 Å². The van der Waals surface area contributed by atoms with Crippen molar-refractivity contribution in [1.29, 1.82) is 0 Å². The number of carbonyl (C=O) groups is 2. The van der Waals surface area contributed by atoms with Gasteiger partial charge in [0.05, 0.1) is 12.1 Å². The fourth-order valence-electron chi connectivity index (χ4n) is 2.49. The maximum atomic E-state index is 11.9. The summed E-state index contributed by atoms with van der Waals surface area (Å²) in [7, 11) is 0. The zero-order valence-corrected chi connectivity index (χ0v) is 13.6. The fourth-order valence-corrected chi connectivity index (χ4v) is 2.49. The Balaban J connectivity index is 0.00000361. The predicted molar refractivity (Wildman–Crippen MR) is 82.7 cm³/mol. The molecule has 0 radical (unpaired) electrons. The molecule has 0 atom stereocenters. The fraction of sp³-hybridized carbons (Fsp3) is 0.857. The largest absolute Gasteiger partial charge is 0.348 e. The minimum absolute atomic E-state index is 0. The van der Waals surface area contributed by atoms with E-state index in [9.17, 15) is 9.59 Å². The number of carbonyl (C=O) groups excluding carboxylic acids is 2. The summed E-state index contributed by atoms with van der Waals surface area (Å²) < 4.78 is 0. The van der Waals surface area contributed by atoms with Crippen LogP contribution in [0.2, 0.25) is 0 Å². The highest BCUT2D eigenvalue weighted by atomic mass is 35.5. The Morgan fingerprint density at radius 1 is 1.15 bits per heavy atom. The van der Waals surface area contributed by atoms with E-state index >= 15 is 0 Å². The van der Waals surface area contributed by atoms with Crippen LogP contribution in [0.15, 0.2) is 0 Å². The minimum Gasteiger partial charge on any atom is -0.348 e. The number of nitrogens with two attached hydrogens (primary N) is 1. The van der Waals surface area contributed by atoms with Gasteiger partial charge < -0.3 is 16.4 Å². The van der Waals surface area contributed by atoms with E-state index in [0.717, 1.165) is 25.7 Å². The second-order valence-electron chi connectivity index (χ2n) is 6.75. The van der Waals surface area contributed by atoms with Gasteiger partial charge in [0.15, 0.2) is 0 Å². The average molecular weight is 306 g/mol. The van der Waals surface area contributed by atoms with Crippen LogP contribution >= 0.6 is 12.4 Å². The van der Waals surface area contributed by atoms with Crippen molar-refractivity contribution in [3.63, 3.8) is 0 Å². The molecule has 4 N–H and O–H groups in total. The number of rotatable bonds is 5. The summed E-state index contributed by atoms with van der Waals surface area (Å²) in [4.78, 5) is 23.5. The first-order valence-corrected chi connectivity index (χ1v) is 7.04. The molecule has 0 aromatic rings. The third-order valence-corrected chi connectivity index (χ3v) is 3.49. The van der Waals surface area contributed by atoms with E-state index < -0.39 is 0 Å². The standard InChI is InChI=1S/C14H27N3O2.ClH/c1-13(2,3)8-11(18)16-9-12(19)17-14(10-15)6-4-5-7-14;/h4-10,15H2,1-3H3,(H,16,18)(H,17,19);1H. The van der Waals surface area contributed by atoms with E-state index in [1.165, 1.54) is 0 Å². The number of halogens is 1. The van der Waals surface area contributed by atoms with Crippen LogP contribution in [0.25, 0.3) is 0 Å². The maximum absolute atomic E-state index is 11.9. The van der Waals surface area contributed by atoms with Crippen LogP contribution in [0.3, 0.4) is 0 Å². The van der Waals surface area contributed by atoms with E-state index in [1.54, 1.807) is 0 Å². The van der Waals surface area contributed by atoms with Crippen LogP contribution in [-0.2, 0) is 9.59 Å². The van der Waals surface area contributed by atoms with E-state index in [4.69, 9.17) is 5.73 Å². The Morgan fingerprint density at radius 2 is 1.70 bits per heavy atom. The molecule has 1 fully saturated rings. The molecule has 2 amide bonds. The van der Waals surface area contributed by atoms with Gasteiger partial charge in [-0.1, -0.05) is 33.6 Å². The molecule has 20 heavy (non-hydrogen) atoms. The van der Waals surface area contributed by atoms with Gasteiger partial charge in [0.1, 0.15) is 0 Å². The van der Waals surface area contributed by atoms with E-state index in [-0.39, 0.29) is 41.7 Å². The highest BCUT2D eigenvalue weighted by molar-refractivity contribution is 5.85. The van der Waals surface area contributed by atoms with Gasteiger partial charge in [0.2, 0.25) is 11.8 Å². The summed E-state index contributed by atoms with van der Waals surface area (Å²) in [6.07, 6.45) is 4.50.